The summed E-state index contributed by atoms with van der Waals surface area (Å²) in [6.07, 6.45) is 6.21. The minimum atomic E-state index is -0.846. The van der Waals surface area contributed by atoms with Gasteiger partial charge < -0.3 is 9.84 Å². The lowest BCUT2D eigenvalue weighted by Gasteiger charge is -2.33. The lowest BCUT2D eigenvalue weighted by Crippen LogP contribution is -2.30. The normalized spacial score (nSPS) is 20.2. The van der Waals surface area contributed by atoms with Crippen molar-refractivity contribution in [1.29, 1.82) is 0 Å². The van der Waals surface area contributed by atoms with Gasteiger partial charge in [0.15, 0.2) is 5.75 Å². The van der Waals surface area contributed by atoms with Crippen molar-refractivity contribution in [2.24, 2.45) is 13.0 Å². The highest BCUT2D eigenvalue weighted by Crippen LogP contribution is 2.40. The SMILES string of the molecule is COc1cnn(C)c1C(C)(O)CC1CCC1. The van der Waals surface area contributed by atoms with Crippen molar-refractivity contribution in [3.05, 3.63) is 11.9 Å². The molecule has 0 saturated heterocycles. The van der Waals surface area contributed by atoms with Crippen LogP contribution in [0.25, 0.3) is 0 Å². The van der Waals surface area contributed by atoms with E-state index in [-0.39, 0.29) is 0 Å². The van der Waals surface area contributed by atoms with E-state index in [4.69, 9.17) is 4.74 Å². The van der Waals surface area contributed by atoms with Crippen LogP contribution in [0.2, 0.25) is 0 Å². The summed E-state index contributed by atoms with van der Waals surface area (Å²) >= 11 is 0. The van der Waals surface area contributed by atoms with Gasteiger partial charge in [-0.05, 0) is 19.3 Å². The highest BCUT2D eigenvalue weighted by molar-refractivity contribution is 5.30. The lowest BCUT2D eigenvalue weighted by molar-refractivity contribution is 0.00712. The van der Waals surface area contributed by atoms with E-state index in [1.807, 2.05) is 14.0 Å². The number of rotatable bonds is 4. The number of hydrogen-bond acceptors (Lipinski definition) is 3. The van der Waals surface area contributed by atoms with Gasteiger partial charge in [0.2, 0.25) is 0 Å². The number of aryl methyl sites for hydroxylation is 1. The Morgan fingerprint density at radius 1 is 1.62 bits per heavy atom. The van der Waals surface area contributed by atoms with E-state index in [0.29, 0.717) is 11.7 Å². The third-order valence-corrected chi connectivity index (χ3v) is 3.55. The number of aromatic nitrogens is 2. The number of ether oxygens (including phenoxy) is 1. The maximum atomic E-state index is 10.6. The summed E-state index contributed by atoms with van der Waals surface area (Å²) in [6, 6.07) is 0. The van der Waals surface area contributed by atoms with Gasteiger partial charge in [-0.3, -0.25) is 4.68 Å². The maximum Gasteiger partial charge on any atom is 0.162 e. The molecule has 16 heavy (non-hydrogen) atoms. The molecule has 0 amide bonds. The van der Waals surface area contributed by atoms with Crippen LogP contribution in [0.4, 0.5) is 0 Å². The molecule has 0 bridgehead atoms. The molecule has 1 N–H and O–H groups in total. The zero-order valence-electron chi connectivity index (χ0n) is 10.2. The highest BCUT2D eigenvalue weighted by atomic mass is 16.5. The van der Waals surface area contributed by atoms with Crippen LogP contribution in [0.15, 0.2) is 6.20 Å². The molecule has 90 valence electrons. The largest absolute Gasteiger partial charge is 0.493 e. The summed E-state index contributed by atoms with van der Waals surface area (Å²) in [5.41, 5.74) is -0.0660. The average molecular weight is 224 g/mol. The van der Waals surface area contributed by atoms with Gasteiger partial charge in [0.05, 0.1) is 13.3 Å². The molecule has 1 aromatic heterocycles. The molecule has 4 heteroatoms. The van der Waals surface area contributed by atoms with Crippen molar-refractivity contribution in [2.45, 2.75) is 38.2 Å². The number of aliphatic hydroxyl groups is 1. The van der Waals surface area contributed by atoms with E-state index in [0.717, 1.165) is 12.1 Å². The molecule has 0 radical (unpaired) electrons. The Morgan fingerprint density at radius 2 is 2.31 bits per heavy atom. The van der Waals surface area contributed by atoms with Crippen molar-refractivity contribution in [1.82, 2.24) is 9.78 Å². The molecule has 1 aromatic rings. The first-order valence-electron chi connectivity index (χ1n) is 5.83. The van der Waals surface area contributed by atoms with Crippen LogP contribution in [-0.2, 0) is 12.6 Å². The van der Waals surface area contributed by atoms with Crippen molar-refractivity contribution in [3.8, 4) is 5.75 Å². The van der Waals surface area contributed by atoms with Gasteiger partial charge in [0.1, 0.15) is 11.3 Å². The third-order valence-electron chi connectivity index (χ3n) is 3.55. The molecule has 1 saturated carbocycles. The summed E-state index contributed by atoms with van der Waals surface area (Å²) in [6.45, 7) is 1.85. The molecule has 1 heterocycles. The van der Waals surface area contributed by atoms with E-state index >= 15 is 0 Å². The fraction of sp³-hybridized carbons (Fsp3) is 0.750. The van der Waals surface area contributed by atoms with Crippen molar-refractivity contribution in [2.75, 3.05) is 7.11 Å². The summed E-state index contributed by atoms with van der Waals surface area (Å²) in [4.78, 5) is 0. The van der Waals surface area contributed by atoms with Crippen LogP contribution in [0.1, 0.15) is 38.3 Å². The summed E-state index contributed by atoms with van der Waals surface area (Å²) in [5.74, 6) is 1.32. The lowest BCUT2D eigenvalue weighted by atomic mass is 9.77. The van der Waals surface area contributed by atoms with Gasteiger partial charge in [-0.15, -0.1) is 0 Å². The topological polar surface area (TPSA) is 47.3 Å². The number of nitrogens with zero attached hydrogens (tertiary/aromatic N) is 2. The smallest absolute Gasteiger partial charge is 0.162 e. The quantitative estimate of drug-likeness (QED) is 0.848. The minimum Gasteiger partial charge on any atom is -0.493 e. The Morgan fingerprint density at radius 3 is 2.81 bits per heavy atom. The van der Waals surface area contributed by atoms with E-state index in [1.54, 1.807) is 18.0 Å². The monoisotopic (exact) mass is 224 g/mol. The molecule has 1 aliphatic carbocycles. The first kappa shape index (κ1) is 11.5. The second-order valence-electron chi connectivity index (χ2n) is 4.96. The molecule has 1 aliphatic rings. The Kier molecular flexibility index (Phi) is 2.93. The fourth-order valence-electron chi connectivity index (χ4n) is 2.54. The van der Waals surface area contributed by atoms with E-state index < -0.39 is 5.60 Å². The summed E-state index contributed by atoms with van der Waals surface area (Å²) in [5, 5.41) is 14.7. The molecule has 1 unspecified atom stereocenters. The predicted octanol–water partition coefficient (Wildman–Crippen LogP) is 1.83. The second-order valence-corrected chi connectivity index (χ2v) is 4.96. The molecular formula is C12H20N2O2. The van der Waals surface area contributed by atoms with Crippen molar-refractivity contribution in [3.63, 3.8) is 0 Å². The Labute approximate surface area is 96.2 Å². The van der Waals surface area contributed by atoms with Gasteiger partial charge in [-0.1, -0.05) is 19.3 Å². The Bertz CT molecular complexity index is 367. The molecule has 0 aromatic carbocycles. The molecule has 0 aliphatic heterocycles. The van der Waals surface area contributed by atoms with Gasteiger partial charge in [-0.2, -0.15) is 5.10 Å². The minimum absolute atomic E-state index is 0.648. The molecule has 1 atom stereocenters. The highest BCUT2D eigenvalue weighted by Gasteiger charge is 2.35. The molecule has 1 fully saturated rings. The van der Waals surface area contributed by atoms with Crippen molar-refractivity contribution < 1.29 is 9.84 Å². The van der Waals surface area contributed by atoms with Crippen LogP contribution in [-0.4, -0.2) is 22.0 Å². The van der Waals surface area contributed by atoms with Crippen LogP contribution < -0.4 is 4.74 Å². The van der Waals surface area contributed by atoms with E-state index in [1.165, 1.54) is 19.3 Å². The summed E-state index contributed by atoms with van der Waals surface area (Å²) in [7, 11) is 3.45. The van der Waals surface area contributed by atoms with Crippen LogP contribution >= 0.6 is 0 Å². The standard InChI is InChI=1S/C12H20N2O2/c1-12(15,7-9-5-4-6-9)11-10(16-3)8-13-14(11)2/h8-9,15H,4-7H2,1-3H3. The van der Waals surface area contributed by atoms with Gasteiger partial charge in [0.25, 0.3) is 0 Å². The number of hydrogen-bond donors (Lipinski definition) is 1. The van der Waals surface area contributed by atoms with Crippen LogP contribution in [0.3, 0.4) is 0 Å². The maximum absolute atomic E-state index is 10.6. The van der Waals surface area contributed by atoms with E-state index in [2.05, 4.69) is 5.10 Å². The van der Waals surface area contributed by atoms with Crippen LogP contribution in [0.5, 0.6) is 5.75 Å². The first-order valence-corrected chi connectivity index (χ1v) is 5.83. The number of methoxy groups -OCH3 is 1. The zero-order valence-corrected chi connectivity index (χ0v) is 10.2. The molecule has 2 rings (SSSR count). The first-order chi connectivity index (χ1) is 7.54. The third kappa shape index (κ3) is 1.94. The Balaban J connectivity index is 2.22. The average Bonchev–Trinajstić information content (AvgIpc) is 2.54. The van der Waals surface area contributed by atoms with Gasteiger partial charge in [0, 0.05) is 7.05 Å². The van der Waals surface area contributed by atoms with E-state index in [9.17, 15) is 5.11 Å². The Hall–Kier alpha value is -1.03. The molecule has 0 spiro atoms. The van der Waals surface area contributed by atoms with Gasteiger partial charge >= 0.3 is 0 Å². The molecule has 4 nitrogen and oxygen atoms in total. The second kappa shape index (κ2) is 4.09. The summed E-state index contributed by atoms with van der Waals surface area (Å²) < 4.78 is 6.95. The fourth-order valence-corrected chi connectivity index (χ4v) is 2.54. The zero-order chi connectivity index (χ0) is 11.8. The van der Waals surface area contributed by atoms with Crippen molar-refractivity contribution >= 4 is 0 Å². The van der Waals surface area contributed by atoms with Crippen LogP contribution in [0, 0.1) is 5.92 Å². The van der Waals surface area contributed by atoms with Gasteiger partial charge in [-0.25, -0.2) is 0 Å². The predicted molar refractivity (Wildman–Crippen MR) is 61.3 cm³/mol. The molecular weight excluding hydrogens is 204 g/mol.